The fourth-order valence-electron chi connectivity index (χ4n) is 4.00. The fourth-order valence-corrected chi connectivity index (χ4v) is 4.57. The first-order valence-corrected chi connectivity index (χ1v) is 8.25. The van der Waals surface area contributed by atoms with Crippen LogP contribution in [0.15, 0.2) is 24.3 Å². The minimum atomic E-state index is -0.0499. The van der Waals surface area contributed by atoms with Crippen LogP contribution in [0.25, 0.3) is 0 Å². The van der Waals surface area contributed by atoms with Gasteiger partial charge in [0.05, 0.1) is 13.0 Å². The number of halogens is 1. The van der Waals surface area contributed by atoms with Crippen molar-refractivity contribution in [1.29, 1.82) is 0 Å². The van der Waals surface area contributed by atoms with Gasteiger partial charge in [-0.1, -0.05) is 12.1 Å². The quantitative estimate of drug-likeness (QED) is 0.579. The Labute approximate surface area is 133 Å². The summed E-state index contributed by atoms with van der Waals surface area (Å²) in [5, 5.41) is 0. The SMILES string of the molecule is COC(=O)C1C2CCC(C[C@@H]1c1cccc(I)c1)N2C. The predicted octanol–water partition coefficient (Wildman–Crippen LogP) is 3.03. The minimum Gasteiger partial charge on any atom is -0.469 e. The molecule has 1 aromatic rings. The Morgan fingerprint density at radius 3 is 2.90 bits per heavy atom. The van der Waals surface area contributed by atoms with E-state index in [9.17, 15) is 4.79 Å². The van der Waals surface area contributed by atoms with Crippen LogP contribution in [-0.4, -0.2) is 37.1 Å². The molecule has 20 heavy (non-hydrogen) atoms. The number of carbonyl (C=O) groups is 1. The standard InChI is InChI=1S/C16H20INO2/c1-18-12-6-7-14(18)15(16(19)20-2)13(9-12)10-4-3-5-11(17)8-10/h3-5,8,12-15H,6-7,9H2,1-2H3/t12?,13-,14?,15?/m1/s1. The first kappa shape index (κ1) is 14.3. The van der Waals surface area contributed by atoms with Crippen molar-refractivity contribution < 1.29 is 9.53 Å². The highest BCUT2D eigenvalue weighted by Crippen LogP contribution is 2.46. The molecule has 3 rings (SSSR count). The Balaban J connectivity index is 1.97. The van der Waals surface area contributed by atoms with Gasteiger partial charge in [-0.05, 0) is 66.6 Å². The van der Waals surface area contributed by atoms with Crippen molar-refractivity contribution in [2.75, 3.05) is 14.2 Å². The Kier molecular flexibility index (Phi) is 4.04. The number of piperidine rings is 1. The average molecular weight is 385 g/mol. The smallest absolute Gasteiger partial charge is 0.310 e. The molecule has 0 saturated carbocycles. The third kappa shape index (κ3) is 2.37. The number of esters is 1. The highest BCUT2D eigenvalue weighted by Gasteiger charge is 2.49. The van der Waals surface area contributed by atoms with Crippen LogP contribution in [0.5, 0.6) is 0 Å². The number of benzene rings is 1. The van der Waals surface area contributed by atoms with Crippen LogP contribution in [0.3, 0.4) is 0 Å². The normalized spacial score (nSPS) is 33.1. The van der Waals surface area contributed by atoms with Gasteiger partial charge in [-0.3, -0.25) is 9.69 Å². The lowest BCUT2D eigenvalue weighted by Crippen LogP contribution is -2.49. The number of carbonyl (C=O) groups excluding carboxylic acids is 1. The van der Waals surface area contributed by atoms with E-state index in [0.29, 0.717) is 18.0 Å². The fraction of sp³-hybridized carbons (Fsp3) is 0.562. The Morgan fingerprint density at radius 2 is 2.20 bits per heavy atom. The van der Waals surface area contributed by atoms with Gasteiger partial charge in [-0.2, -0.15) is 0 Å². The van der Waals surface area contributed by atoms with E-state index in [2.05, 4.69) is 58.8 Å². The number of hydrogen-bond acceptors (Lipinski definition) is 3. The van der Waals surface area contributed by atoms with E-state index in [1.54, 1.807) is 0 Å². The van der Waals surface area contributed by atoms with Crippen molar-refractivity contribution in [2.45, 2.75) is 37.3 Å². The van der Waals surface area contributed by atoms with Crippen LogP contribution in [0.4, 0.5) is 0 Å². The average Bonchev–Trinajstić information content (AvgIpc) is 2.69. The largest absolute Gasteiger partial charge is 0.469 e. The van der Waals surface area contributed by atoms with E-state index in [1.807, 2.05) is 0 Å². The van der Waals surface area contributed by atoms with E-state index in [-0.39, 0.29) is 11.9 Å². The molecule has 2 aliphatic heterocycles. The van der Waals surface area contributed by atoms with Crippen LogP contribution >= 0.6 is 22.6 Å². The van der Waals surface area contributed by atoms with Gasteiger partial charge in [0, 0.05) is 21.6 Å². The van der Waals surface area contributed by atoms with Gasteiger partial charge in [-0.25, -0.2) is 0 Å². The van der Waals surface area contributed by atoms with Crippen molar-refractivity contribution in [3.63, 3.8) is 0 Å². The third-order valence-corrected chi connectivity index (χ3v) is 5.69. The van der Waals surface area contributed by atoms with Gasteiger partial charge in [0.1, 0.15) is 0 Å². The predicted molar refractivity (Wildman–Crippen MR) is 86.6 cm³/mol. The first-order chi connectivity index (χ1) is 9.61. The lowest BCUT2D eigenvalue weighted by atomic mass is 9.76. The monoisotopic (exact) mass is 385 g/mol. The highest BCUT2D eigenvalue weighted by atomic mass is 127. The van der Waals surface area contributed by atoms with E-state index in [4.69, 9.17) is 4.74 Å². The number of rotatable bonds is 2. The second kappa shape index (κ2) is 5.64. The van der Waals surface area contributed by atoms with Crippen molar-refractivity contribution in [2.24, 2.45) is 5.92 Å². The molecule has 108 valence electrons. The molecule has 3 unspecified atom stereocenters. The van der Waals surface area contributed by atoms with Gasteiger partial charge >= 0.3 is 5.97 Å². The van der Waals surface area contributed by atoms with Gasteiger partial charge < -0.3 is 4.74 Å². The summed E-state index contributed by atoms with van der Waals surface area (Å²) in [5.74, 6) is 0.221. The van der Waals surface area contributed by atoms with Gasteiger partial charge in [0.25, 0.3) is 0 Å². The molecule has 2 saturated heterocycles. The van der Waals surface area contributed by atoms with Crippen LogP contribution < -0.4 is 0 Å². The molecular formula is C16H20INO2. The highest BCUT2D eigenvalue weighted by molar-refractivity contribution is 14.1. The van der Waals surface area contributed by atoms with Crippen molar-refractivity contribution in [1.82, 2.24) is 4.90 Å². The minimum absolute atomic E-state index is 0.0260. The van der Waals surface area contributed by atoms with Gasteiger partial charge in [0.15, 0.2) is 0 Å². The molecule has 0 N–H and O–H groups in total. The number of hydrogen-bond donors (Lipinski definition) is 0. The third-order valence-electron chi connectivity index (χ3n) is 5.02. The number of nitrogens with zero attached hydrogens (tertiary/aromatic N) is 1. The summed E-state index contributed by atoms with van der Waals surface area (Å²) in [6, 6.07) is 9.51. The molecule has 0 spiro atoms. The van der Waals surface area contributed by atoms with Gasteiger partial charge in [-0.15, -0.1) is 0 Å². The van der Waals surface area contributed by atoms with E-state index >= 15 is 0 Å². The zero-order valence-corrected chi connectivity index (χ0v) is 14.0. The lowest BCUT2D eigenvalue weighted by molar-refractivity contribution is -0.150. The molecular weight excluding hydrogens is 365 g/mol. The Morgan fingerprint density at radius 1 is 1.40 bits per heavy atom. The topological polar surface area (TPSA) is 29.5 Å². The zero-order chi connectivity index (χ0) is 14.3. The van der Waals surface area contributed by atoms with Crippen molar-refractivity contribution >= 4 is 28.6 Å². The van der Waals surface area contributed by atoms with Gasteiger partial charge in [0.2, 0.25) is 0 Å². The number of methoxy groups -OCH3 is 1. The van der Waals surface area contributed by atoms with Crippen LogP contribution in [-0.2, 0) is 9.53 Å². The van der Waals surface area contributed by atoms with E-state index in [1.165, 1.54) is 22.7 Å². The molecule has 0 aliphatic carbocycles. The summed E-state index contributed by atoms with van der Waals surface area (Å²) >= 11 is 2.34. The summed E-state index contributed by atoms with van der Waals surface area (Å²) in [4.78, 5) is 14.7. The number of ether oxygens (including phenoxy) is 1. The van der Waals surface area contributed by atoms with E-state index in [0.717, 1.165) is 12.8 Å². The molecule has 1 aromatic carbocycles. The Hall–Kier alpha value is -0.620. The maximum atomic E-state index is 12.3. The molecule has 2 bridgehead atoms. The van der Waals surface area contributed by atoms with Crippen LogP contribution in [0.2, 0.25) is 0 Å². The Bertz CT molecular complexity index is 519. The molecule has 2 heterocycles. The first-order valence-electron chi connectivity index (χ1n) is 7.17. The van der Waals surface area contributed by atoms with Crippen LogP contribution in [0, 0.1) is 9.49 Å². The second-order valence-electron chi connectivity index (χ2n) is 5.91. The summed E-state index contributed by atoms with van der Waals surface area (Å²) in [6.07, 6.45) is 3.38. The second-order valence-corrected chi connectivity index (χ2v) is 7.16. The summed E-state index contributed by atoms with van der Waals surface area (Å²) in [6.45, 7) is 0. The summed E-state index contributed by atoms with van der Waals surface area (Å²) in [7, 11) is 3.67. The maximum absolute atomic E-state index is 12.3. The number of fused-ring (bicyclic) bond motifs is 2. The molecule has 4 heteroatoms. The maximum Gasteiger partial charge on any atom is 0.310 e. The van der Waals surface area contributed by atoms with E-state index < -0.39 is 0 Å². The molecule has 2 fully saturated rings. The molecule has 0 aromatic heterocycles. The molecule has 4 atom stereocenters. The summed E-state index contributed by atoms with van der Waals surface area (Å²) in [5.41, 5.74) is 1.29. The summed E-state index contributed by atoms with van der Waals surface area (Å²) < 4.78 is 6.33. The van der Waals surface area contributed by atoms with Crippen molar-refractivity contribution in [3.8, 4) is 0 Å². The molecule has 3 nitrogen and oxygen atoms in total. The van der Waals surface area contributed by atoms with Crippen LogP contribution in [0.1, 0.15) is 30.7 Å². The van der Waals surface area contributed by atoms with Crippen molar-refractivity contribution in [3.05, 3.63) is 33.4 Å². The lowest BCUT2D eigenvalue weighted by Gasteiger charge is -2.41. The molecule has 0 amide bonds. The molecule has 0 radical (unpaired) electrons. The molecule has 2 aliphatic rings. The zero-order valence-electron chi connectivity index (χ0n) is 11.9.